The van der Waals surface area contributed by atoms with Crippen LogP contribution in [0.15, 0.2) is 133 Å². The molecule has 2 saturated heterocycles. The average Bonchev–Trinajstić information content (AvgIpc) is 3.64. The summed E-state index contributed by atoms with van der Waals surface area (Å²) in [4.78, 5) is 59.5. The van der Waals surface area contributed by atoms with E-state index in [-0.39, 0.29) is 23.4 Å². The minimum absolute atomic E-state index is 0.0557. The minimum Gasteiger partial charge on any atom is -0.497 e. The smallest absolute Gasteiger partial charge is 0.418 e. The molecule has 0 spiro atoms. The molecule has 0 unspecified atom stereocenters. The van der Waals surface area contributed by atoms with Crippen molar-refractivity contribution < 1.29 is 66.5 Å². The van der Waals surface area contributed by atoms with Crippen LogP contribution in [0.2, 0.25) is 0 Å². The van der Waals surface area contributed by atoms with Crippen molar-refractivity contribution in [2.75, 3.05) is 95.1 Å². The highest BCUT2D eigenvalue weighted by molar-refractivity contribution is 6.30. The molecule has 16 nitrogen and oxygen atoms in total. The highest BCUT2D eigenvalue weighted by Gasteiger charge is 2.52. The Kier molecular flexibility index (Phi) is 20.5. The van der Waals surface area contributed by atoms with Crippen LogP contribution in [0.1, 0.15) is 95.3 Å². The van der Waals surface area contributed by atoms with E-state index in [2.05, 4.69) is 9.80 Å². The maximum absolute atomic E-state index is 15.4. The van der Waals surface area contributed by atoms with Gasteiger partial charge in [-0.2, -0.15) is 0 Å². The Balaban J connectivity index is 1.07. The van der Waals surface area contributed by atoms with Crippen LogP contribution in [-0.4, -0.2) is 128 Å². The van der Waals surface area contributed by atoms with Gasteiger partial charge < -0.3 is 57.2 Å². The maximum Gasteiger partial charge on any atom is 0.418 e. The molecule has 6 aromatic carbocycles. The molecule has 0 N–H and O–H groups in total. The van der Waals surface area contributed by atoms with Gasteiger partial charge in [0.15, 0.2) is 45.8 Å². The normalized spacial score (nSPS) is 14.5. The third kappa shape index (κ3) is 13.8. The zero-order valence-electron chi connectivity index (χ0n) is 48.4. The van der Waals surface area contributed by atoms with Gasteiger partial charge in [-0.1, -0.05) is 48.5 Å². The van der Waals surface area contributed by atoms with Crippen LogP contribution in [0.5, 0.6) is 46.0 Å². The van der Waals surface area contributed by atoms with Gasteiger partial charge in [-0.3, -0.25) is 9.59 Å². The molecule has 0 aromatic heterocycles. The number of piperidine rings is 2. The minimum atomic E-state index is -1.48. The van der Waals surface area contributed by atoms with Gasteiger partial charge in [0, 0.05) is 58.3 Å². The Morgan fingerprint density at radius 1 is 0.402 bits per heavy atom. The number of hydrogen-bond acceptors (Lipinski definition) is 16. The number of likely N-dealkylation sites (tertiary alicyclic amines) is 2. The van der Waals surface area contributed by atoms with Crippen molar-refractivity contribution in [3.8, 4) is 46.0 Å². The van der Waals surface area contributed by atoms with Crippen molar-refractivity contribution >= 4 is 23.5 Å². The molecule has 0 saturated carbocycles. The lowest BCUT2D eigenvalue weighted by Crippen LogP contribution is -2.50. The summed E-state index contributed by atoms with van der Waals surface area (Å²) in [6.45, 7) is 8.06. The number of methoxy groups -OCH3 is 6. The molecule has 434 valence electrons. The predicted molar refractivity (Wildman–Crippen MR) is 310 cm³/mol. The van der Waals surface area contributed by atoms with Crippen LogP contribution in [-0.2, 0) is 30.3 Å². The fraction of sp³-hybridized carbons (Fsp3) is 0.394. The molecule has 2 fully saturated rings. The molecule has 6 aromatic rings. The van der Waals surface area contributed by atoms with Crippen LogP contribution >= 0.6 is 0 Å². The highest BCUT2D eigenvalue weighted by Crippen LogP contribution is 2.49. The second-order valence-corrected chi connectivity index (χ2v) is 20.6. The fourth-order valence-electron chi connectivity index (χ4n) is 11.5. The van der Waals surface area contributed by atoms with Crippen LogP contribution in [0, 0.1) is 11.8 Å². The molecule has 16 heteroatoms. The number of ketones is 2. The van der Waals surface area contributed by atoms with Crippen LogP contribution in [0.25, 0.3) is 0 Å². The molecule has 2 heterocycles. The van der Waals surface area contributed by atoms with Crippen molar-refractivity contribution in [2.24, 2.45) is 11.8 Å². The van der Waals surface area contributed by atoms with E-state index >= 15 is 9.59 Å². The van der Waals surface area contributed by atoms with Gasteiger partial charge in [-0.25, -0.2) is 9.59 Å². The number of rotatable bonds is 26. The second-order valence-electron chi connectivity index (χ2n) is 20.6. The lowest BCUT2D eigenvalue weighted by atomic mass is 9.71. The van der Waals surface area contributed by atoms with Crippen LogP contribution in [0.3, 0.4) is 0 Å². The van der Waals surface area contributed by atoms with Crippen LogP contribution < -0.4 is 37.9 Å². The Bertz CT molecular complexity index is 2770. The summed E-state index contributed by atoms with van der Waals surface area (Å²) in [6.07, 6.45) is 3.87. The number of nitrogens with zero attached hydrogens (tertiary/aromatic N) is 2. The predicted octanol–water partition coefficient (Wildman–Crippen LogP) is 10.8. The number of carbonyl (C=O) groups is 4. The molecule has 2 aliphatic rings. The van der Waals surface area contributed by atoms with Gasteiger partial charge in [0.1, 0.15) is 23.0 Å². The molecule has 0 atom stereocenters. The van der Waals surface area contributed by atoms with Crippen molar-refractivity contribution in [2.45, 2.75) is 63.6 Å². The number of carbonyl (C=O) groups excluding carboxylic acids is 4. The molecule has 82 heavy (non-hydrogen) atoms. The number of ether oxygens (including phenoxy) is 10. The van der Waals surface area contributed by atoms with Gasteiger partial charge in [0.05, 0.1) is 55.9 Å². The Morgan fingerprint density at radius 3 is 0.951 bits per heavy atom. The maximum atomic E-state index is 15.4. The van der Waals surface area contributed by atoms with E-state index in [1.165, 1.54) is 13.8 Å². The summed E-state index contributed by atoms with van der Waals surface area (Å²) >= 11 is 0. The van der Waals surface area contributed by atoms with Gasteiger partial charge in [0.2, 0.25) is 0 Å². The van der Waals surface area contributed by atoms with E-state index in [0.29, 0.717) is 144 Å². The van der Waals surface area contributed by atoms with Crippen molar-refractivity contribution in [1.29, 1.82) is 0 Å². The first-order valence-electron chi connectivity index (χ1n) is 27.9. The van der Waals surface area contributed by atoms with Gasteiger partial charge in [0.25, 0.3) is 0 Å². The molecule has 0 aliphatic carbocycles. The Morgan fingerprint density at radius 2 is 0.695 bits per heavy atom. The third-order valence-corrected chi connectivity index (χ3v) is 16.0. The SMILES string of the molecule is COc1ccc(C(OC(=O)C(=O)OC(c2ccc(OC)cc2)(c2ccc(OC)cc2)C2CCN(CCCOc3ccc(C(C)=O)cc3OC)CC2)(c2ccc(OC)cc2)C2CCN(CCCOc3ccc(C(C)=O)cc3OC)CC2)cc1. The van der Waals surface area contributed by atoms with E-state index in [4.69, 9.17) is 47.4 Å². The lowest BCUT2D eigenvalue weighted by molar-refractivity contribution is -0.191. The first kappa shape index (κ1) is 60.0. The second kappa shape index (κ2) is 28.1. The van der Waals surface area contributed by atoms with Crippen molar-refractivity contribution in [1.82, 2.24) is 9.80 Å². The zero-order chi connectivity index (χ0) is 58.2. The van der Waals surface area contributed by atoms with E-state index in [1.54, 1.807) is 79.1 Å². The molecule has 8 rings (SSSR count). The van der Waals surface area contributed by atoms with E-state index in [9.17, 15) is 9.59 Å². The molecule has 0 radical (unpaired) electrons. The summed E-state index contributed by atoms with van der Waals surface area (Å²) < 4.78 is 59.7. The van der Waals surface area contributed by atoms with Crippen LogP contribution in [0.4, 0.5) is 0 Å². The summed E-state index contributed by atoms with van der Waals surface area (Å²) in [5.41, 5.74) is 0.788. The first-order chi connectivity index (χ1) is 39.8. The summed E-state index contributed by atoms with van der Waals surface area (Å²) in [6, 6.07) is 40.2. The molecule has 2 aliphatic heterocycles. The summed E-state index contributed by atoms with van der Waals surface area (Å²) in [5.74, 6) is 1.58. The summed E-state index contributed by atoms with van der Waals surface area (Å²) in [7, 11) is 9.49. The zero-order valence-corrected chi connectivity index (χ0v) is 48.4. The summed E-state index contributed by atoms with van der Waals surface area (Å²) in [5, 5.41) is 0. The number of esters is 2. The highest BCUT2D eigenvalue weighted by atomic mass is 16.6. The van der Waals surface area contributed by atoms with Gasteiger partial charge in [-0.05, 0) is 163 Å². The number of benzene rings is 6. The van der Waals surface area contributed by atoms with Crippen molar-refractivity contribution in [3.63, 3.8) is 0 Å². The fourth-order valence-corrected chi connectivity index (χ4v) is 11.5. The average molecular weight is 1120 g/mol. The first-order valence-corrected chi connectivity index (χ1v) is 27.9. The largest absolute Gasteiger partial charge is 0.497 e. The molecular formula is C66H76N2O14. The van der Waals surface area contributed by atoms with Gasteiger partial charge >= 0.3 is 11.9 Å². The topological polar surface area (TPSA) is 167 Å². The Hall–Kier alpha value is -8.08. The van der Waals surface area contributed by atoms with Crippen molar-refractivity contribution in [3.05, 3.63) is 167 Å². The molecule has 0 bridgehead atoms. The van der Waals surface area contributed by atoms with E-state index < -0.39 is 23.1 Å². The standard InChI is InChI=1S/C66H76N2O14/c1-45(69)47-11-29-59(61(43-47)77-7)79-41-9-35-67-37-31-53(32-38-67)65(49-13-21-55(73-3)22-14-49,50-15-23-56(74-4)24-16-50)81-63(71)64(72)82-66(51-17-25-57(75-5)26-18-51,52-19-27-58(76-6)28-20-52)54-33-39-68(40-34-54)36-10-42-80-60-30-12-48(46(2)70)44-62(60)78-8/h11-30,43-44,53-54H,9-10,31-42H2,1-8H3. The Labute approximate surface area is 481 Å². The van der Waals surface area contributed by atoms with Gasteiger partial charge in [-0.15, -0.1) is 0 Å². The molecular weight excluding hydrogens is 1040 g/mol. The monoisotopic (exact) mass is 1120 g/mol. The quantitative estimate of drug-likeness (QED) is 0.0218. The van der Waals surface area contributed by atoms with E-state index in [0.717, 1.165) is 25.9 Å². The molecule has 0 amide bonds. The number of hydrogen-bond donors (Lipinski definition) is 0. The third-order valence-electron chi connectivity index (χ3n) is 16.0. The van der Waals surface area contributed by atoms with E-state index in [1.807, 2.05) is 97.1 Å². The number of Topliss-reactive ketones (excluding diaryl/α,β-unsaturated/α-hetero) is 2. The lowest BCUT2D eigenvalue weighted by Gasteiger charge is -2.46.